The van der Waals surface area contributed by atoms with Gasteiger partial charge in [0.1, 0.15) is 0 Å². The number of nitrogens with zero attached hydrogens (tertiary/aromatic N) is 1. The molecule has 0 aliphatic carbocycles. The van der Waals surface area contributed by atoms with E-state index in [9.17, 15) is 9.59 Å². The molecule has 1 aromatic rings. The molecule has 5 heteroatoms. The Morgan fingerprint density at radius 1 is 1.04 bits per heavy atom. The van der Waals surface area contributed by atoms with Crippen LogP contribution in [-0.4, -0.2) is 47.4 Å². The van der Waals surface area contributed by atoms with Gasteiger partial charge in [0.2, 0.25) is 5.91 Å². The second kappa shape index (κ2) is 6.55. The molecule has 0 radical (unpaired) electrons. The minimum Gasteiger partial charge on any atom is -0.349 e. The molecule has 3 aliphatic heterocycles. The molecule has 0 spiro atoms. The lowest BCUT2D eigenvalue weighted by Gasteiger charge is -2.40. The minimum atomic E-state index is -0.00256. The summed E-state index contributed by atoms with van der Waals surface area (Å²) in [7, 11) is 0. The number of carbonyl (C=O) groups is 2. The molecule has 5 nitrogen and oxygen atoms in total. The van der Waals surface area contributed by atoms with Crippen molar-refractivity contribution in [1.82, 2.24) is 15.5 Å². The fourth-order valence-electron chi connectivity index (χ4n) is 4.59. The maximum Gasteiger partial charge on any atom is 0.251 e. The van der Waals surface area contributed by atoms with E-state index in [0.717, 1.165) is 45.1 Å². The van der Waals surface area contributed by atoms with Crippen molar-refractivity contribution in [3.05, 3.63) is 35.9 Å². The van der Waals surface area contributed by atoms with Crippen LogP contribution < -0.4 is 10.6 Å². The molecule has 4 atom stereocenters. The average molecular weight is 327 g/mol. The van der Waals surface area contributed by atoms with E-state index in [1.54, 1.807) is 0 Å². The van der Waals surface area contributed by atoms with Gasteiger partial charge in [-0.3, -0.25) is 9.59 Å². The molecule has 3 aliphatic rings. The van der Waals surface area contributed by atoms with Gasteiger partial charge in [0, 0.05) is 23.7 Å². The Morgan fingerprint density at radius 2 is 1.75 bits per heavy atom. The number of nitrogens with one attached hydrogen (secondary N) is 2. The summed E-state index contributed by atoms with van der Waals surface area (Å²) in [4.78, 5) is 27.3. The predicted octanol–water partition coefficient (Wildman–Crippen LogP) is 1.69. The smallest absolute Gasteiger partial charge is 0.251 e. The molecule has 3 saturated heterocycles. The molecular weight excluding hydrogens is 302 g/mol. The van der Waals surface area contributed by atoms with Crippen LogP contribution in [0, 0.1) is 0 Å². The van der Waals surface area contributed by atoms with Crippen LogP contribution >= 0.6 is 0 Å². The van der Waals surface area contributed by atoms with Crippen molar-refractivity contribution in [2.24, 2.45) is 0 Å². The number of fused-ring (bicyclic) bond motifs is 2. The summed E-state index contributed by atoms with van der Waals surface area (Å²) < 4.78 is 0. The predicted molar refractivity (Wildman–Crippen MR) is 91.6 cm³/mol. The average Bonchev–Trinajstić information content (AvgIpc) is 3.22. The normalized spacial score (nSPS) is 31.9. The molecule has 0 aromatic heterocycles. The highest BCUT2D eigenvalue weighted by Gasteiger charge is 2.45. The largest absolute Gasteiger partial charge is 0.349 e. The third-order valence-corrected chi connectivity index (χ3v) is 5.72. The van der Waals surface area contributed by atoms with Crippen LogP contribution in [0.4, 0.5) is 0 Å². The van der Waals surface area contributed by atoms with Gasteiger partial charge in [-0.2, -0.15) is 0 Å². The summed E-state index contributed by atoms with van der Waals surface area (Å²) >= 11 is 0. The minimum absolute atomic E-state index is 0.00256. The Kier molecular flexibility index (Phi) is 4.27. The monoisotopic (exact) mass is 327 g/mol. The van der Waals surface area contributed by atoms with Gasteiger partial charge in [-0.1, -0.05) is 18.2 Å². The highest BCUT2D eigenvalue weighted by atomic mass is 16.2. The first-order chi connectivity index (χ1) is 11.7. The van der Waals surface area contributed by atoms with Crippen LogP contribution in [0.5, 0.6) is 0 Å². The molecule has 3 fully saturated rings. The molecule has 3 heterocycles. The highest BCUT2D eigenvalue weighted by Crippen LogP contribution is 2.36. The number of piperidine rings is 1. The third-order valence-electron chi connectivity index (χ3n) is 5.72. The van der Waals surface area contributed by atoms with Crippen molar-refractivity contribution in [3.8, 4) is 0 Å². The van der Waals surface area contributed by atoms with Gasteiger partial charge in [-0.05, 0) is 57.2 Å². The van der Waals surface area contributed by atoms with Crippen molar-refractivity contribution >= 4 is 11.8 Å². The van der Waals surface area contributed by atoms with Crippen LogP contribution in [-0.2, 0) is 4.79 Å². The van der Waals surface area contributed by atoms with Gasteiger partial charge in [-0.15, -0.1) is 0 Å². The summed E-state index contributed by atoms with van der Waals surface area (Å²) in [5.41, 5.74) is 0.707. The lowest BCUT2D eigenvalue weighted by atomic mass is 9.95. The molecule has 128 valence electrons. The number of amides is 2. The van der Waals surface area contributed by atoms with Crippen molar-refractivity contribution < 1.29 is 9.59 Å². The van der Waals surface area contributed by atoms with E-state index in [1.165, 1.54) is 0 Å². The first-order valence-electron chi connectivity index (χ1n) is 9.14. The molecule has 4 rings (SSSR count). The maximum absolute atomic E-state index is 12.8. The molecule has 2 bridgehead atoms. The zero-order chi connectivity index (χ0) is 16.5. The molecular formula is C19H25N3O2. The van der Waals surface area contributed by atoms with E-state index in [2.05, 4.69) is 15.5 Å². The van der Waals surface area contributed by atoms with Gasteiger partial charge < -0.3 is 15.5 Å². The lowest BCUT2D eigenvalue weighted by Crippen LogP contribution is -2.56. The quantitative estimate of drug-likeness (QED) is 0.888. The summed E-state index contributed by atoms with van der Waals surface area (Å²) in [6.07, 6.45) is 5.96. The fourth-order valence-corrected chi connectivity index (χ4v) is 4.59. The Balaban J connectivity index is 1.39. The van der Waals surface area contributed by atoms with E-state index >= 15 is 0 Å². The molecule has 0 saturated carbocycles. The highest BCUT2D eigenvalue weighted by molar-refractivity contribution is 5.94. The van der Waals surface area contributed by atoms with Gasteiger partial charge in [0.25, 0.3) is 5.91 Å². The zero-order valence-electron chi connectivity index (χ0n) is 13.9. The van der Waals surface area contributed by atoms with Gasteiger partial charge >= 0.3 is 0 Å². The van der Waals surface area contributed by atoms with E-state index in [0.29, 0.717) is 17.6 Å². The topological polar surface area (TPSA) is 61.4 Å². The Bertz CT molecular complexity index is 598. The number of benzene rings is 1. The van der Waals surface area contributed by atoms with Crippen LogP contribution in [0.3, 0.4) is 0 Å². The van der Waals surface area contributed by atoms with Crippen molar-refractivity contribution in [1.29, 1.82) is 0 Å². The van der Waals surface area contributed by atoms with Gasteiger partial charge in [-0.25, -0.2) is 0 Å². The zero-order valence-corrected chi connectivity index (χ0v) is 13.9. The standard InChI is InChI=1S/C19H25N3O2/c23-18(13-5-2-1-3-6-13)21-14-11-15-8-9-16(12-14)22(15)19(24)17-7-4-10-20-17/h1-3,5-6,14-17,20H,4,7-12H2,(H,21,23)/t14?,15-,16+,17-/m0/s1. The molecule has 1 unspecified atom stereocenters. The van der Waals surface area contributed by atoms with E-state index < -0.39 is 0 Å². The number of hydrogen-bond acceptors (Lipinski definition) is 3. The summed E-state index contributed by atoms with van der Waals surface area (Å²) in [5.74, 6) is 0.282. The van der Waals surface area contributed by atoms with Gasteiger partial charge in [0.15, 0.2) is 0 Å². The Hall–Kier alpha value is -1.88. The van der Waals surface area contributed by atoms with Crippen molar-refractivity contribution in [3.63, 3.8) is 0 Å². The fraction of sp³-hybridized carbons (Fsp3) is 0.579. The first-order valence-corrected chi connectivity index (χ1v) is 9.14. The number of rotatable bonds is 3. The van der Waals surface area contributed by atoms with Crippen LogP contribution in [0.2, 0.25) is 0 Å². The summed E-state index contributed by atoms with van der Waals surface area (Å²) in [6, 6.07) is 10.1. The van der Waals surface area contributed by atoms with Crippen LogP contribution in [0.1, 0.15) is 48.9 Å². The summed E-state index contributed by atoms with van der Waals surface area (Å²) in [5, 5.41) is 6.50. The second-order valence-electron chi connectivity index (χ2n) is 7.29. The SMILES string of the molecule is O=C(NC1C[C@H]2CC[C@@H](C1)N2C(=O)[C@@H]1CCCN1)c1ccccc1. The lowest BCUT2D eigenvalue weighted by molar-refractivity contribution is -0.137. The van der Waals surface area contributed by atoms with E-state index in [1.807, 2.05) is 30.3 Å². The molecule has 2 N–H and O–H groups in total. The van der Waals surface area contributed by atoms with E-state index in [4.69, 9.17) is 0 Å². The Morgan fingerprint density at radius 3 is 2.38 bits per heavy atom. The van der Waals surface area contributed by atoms with Crippen LogP contribution in [0.25, 0.3) is 0 Å². The van der Waals surface area contributed by atoms with Crippen molar-refractivity contribution in [2.45, 2.75) is 62.7 Å². The molecule has 2 amide bonds. The Labute approximate surface area is 142 Å². The van der Waals surface area contributed by atoms with Crippen LogP contribution in [0.15, 0.2) is 30.3 Å². The number of carbonyl (C=O) groups excluding carboxylic acids is 2. The first kappa shape index (κ1) is 15.6. The second-order valence-corrected chi connectivity index (χ2v) is 7.29. The summed E-state index contributed by atoms with van der Waals surface area (Å²) in [6.45, 7) is 0.954. The molecule has 24 heavy (non-hydrogen) atoms. The van der Waals surface area contributed by atoms with Gasteiger partial charge in [0.05, 0.1) is 6.04 Å². The third kappa shape index (κ3) is 2.93. The number of hydrogen-bond donors (Lipinski definition) is 2. The van der Waals surface area contributed by atoms with E-state index in [-0.39, 0.29) is 23.9 Å². The maximum atomic E-state index is 12.8. The molecule has 1 aromatic carbocycles. The van der Waals surface area contributed by atoms with Crippen molar-refractivity contribution in [2.75, 3.05) is 6.54 Å².